The molecule has 0 aliphatic carbocycles. The predicted molar refractivity (Wildman–Crippen MR) is 108 cm³/mol. The minimum absolute atomic E-state index is 0.250. The molecule has 1 aliphatic heterocycles. The number of hydrogen-bond donors (Lipinski definition) is 1. The van der Waals surface area contributed by atoms with Crippen LogP contribution in [0.2, 0.25) is 0 Å². The molecule has 1 aliphatic rings. The van der Waals surface area contributed by atoms with Crippen molar-refractivity contribution in [2.45, 2.75) is 33.2 Å². The van der Waals surface area contributed by atoms with Crippen LogP contribution in [0, 0.1) is 18.7 Å². The van der Waals surface area contributed by atoms with Gasteiger partial charge in [0.2, 0.25) is 5.91 Å². The first-order valence-electron chi connectivity index (χ1n) is 9.68. The second kappa shape index (κ2) is 7.65. The van der Waals surface area contributed by atoms with Crippen LogP contribution in [0.15, 0.2) is 35.3 Å². The average Bonchev–Trinajstić information content (AvgIpc) is 2.99. The van der Waals surface area contributed by atoms with Crippen molar-refractivity contribution < 1.29 is 9.18 Å². The zero-order chi connectivity index (χ0) is 20.5. The van der Waals surface area contributed by atoms with Crippen LogP contribution < -0.4 is 15.9 Å². The van der Waals surface area contributed by atoms with Crippen LogP contribution in [0.5, 0.6) is 0 Å². The fourth-order valence-corrected chi connectivity index (χ4v) is 3.63. The van der Waals surface area contributed by atoms with E-state index in [-0.39, 0.29) is 12.3 Å². The van der Waals surface area contributed by atoms with Crippen molar-refractivity contribution >= 4 is 23.2 Å². The number of nitrogens with zero attached hydrogens (tertiary/aromatic N) is 5. The van der Waals surface area contributed by atoms with Gasteiger partial charge in [-0.05, 0) is 49.4 Å². The number of amides is 1. The number of nitrogens with one attached hydrogen (secondary N) is 1. The number of carbonyl (C=O) groups is 1. The molecule has 1 aromatic carbocycles. The Bertz CT molecular complexity index is 1120. The largest absolute Gasteiger partial charge is 0.356 e. The lowest BCUT2D eigenvalue weighted by atomic mass is 10.0. The highest BCUT2D eigenvalue weighted by Crippen LogP contribution is 2.21. The minimum atomic E-state index is -0.464. The highest BCUT2D eigenvalue weighted by Gasteiger charge is 2.19. The number of aromatic nitrogens is 4. The Kier molecular flexibility index (Phi) is 5.04. The van der Waals surface area contributed by atoms with Crippen LogP contribution in [0.3, 0.4) is 0 Å². The topological polar surface area (TPSA) is 84.5 Å². The molecule has 29 heavy (non-hydrogen) atoms. The summed E-state index contributed by atoms with van der Waals surface area (Å²) in [7, 11) is 0. The summed E-state index contributed by atoms with van der Waals surface area (Å²) in [5.74, 6) is 0.715. The second-order valence-corrected chi connectivity index (χ2v) is 7.60. The van der Waals surface area contributed by atoms with E-state index in [2.05, 4.69) is 27.2 Å². The number of benzene rings is 1. The van der Waals surface area contributed by atoms with Gasteiger partial charge >= 0.3 is 5.69 Å². The Labute approximate surface area is 167 Å². The molecule has 1 fully saturated rings. The third-order valence-corrected chi connectivity index (χ3v) is 5.19. The average molecular weight is 398 g/mol. The summed E-state index contributed by atoms with van der Waals surface area (Å²) in [4.78, 5) is 31.6. The first kappa shape index (κ1) is 19.1. The van der Waals surface area contributed by atoms with Crippen LogP contribution in [-0.4, -0.2) is 38.2 Å². The quantitative estimate of drug-likeness (QED) is 0.728. The maximum absolute atomic E-state index is 13.4. The molecule has 0 unspecified atom stereocenters. The molecule has 0 saturated carbocycles. The number of rotatable bonds is 4. The number of anilines is 2. The Hall–Kier alpha value is -3.23. The number of aryl methyl sites for hydroxylation is 1. The summed E-state index contributed by atoms with van der Waals surface area (Å²) in [5.41, 5.74) is 0.646. The van der Waals surface area contributed by atoms with Crippen molar-refractivity contribution in [1.82, 2.24) is 19.2 Å². The summed E-state index contributed by atoms with van der Waals surface area (Å²) in [6, 6.07) is 5.95. The number of halogens is 1. The van der Waals surface area contributed by atoms with Crippen molar-refractivity contribution in [2.75, 3.05) is 23.3 Å². The van der Waals surface area contributed by atoms with Crippen LogP contribution in [0.25, 0.3) is 5.78 Å². The molecule has 0 bridgehead atoms. The number of carbonyl (C=O) groups excluding carboxylic acids is 1. The predicted octanol–water partition coefficient (Wildman–Crippen LogP) is 2.21. The van der Waals surface area contributed by atoms with Crippen molar-refractivity contribution in [3.05, 3.63) is 52.3 Å². The Morgan fingerprint density at radius 2 is 2.17 bits per heavy atom. The zero-order valence-corrected chi connectivity index (χ0v) is 16.4. The van der Waals surface area contributed by atoms with Gasteiger partial charge in [0.1, 0.15) is 18.2 Å². The number of piperidine rings is 1. The van der Waals surface area contributed by atoms with Gasteiger partial charge in [-0.1, -0.05) is 13.0 Å². The third kappa shape index (κ3) is 3.98. The second-order valence-electron chi connectivity index (χ2n) is 7.60. The van der Waals surface area contributed by atoms with Gasteiger partial charge in [-0.2, -0.15) is 4.98 Å². The number of hydrogen-bond acceptors (Lipinski definition) is 5. The highest BCUT2D eigenvalue weighted by molar-refractivity contribution is 5.91. The SMILES string of the molecule is Cc1ccc(F)cc1NC(=O)Cn1nc2nc(N3CCC[C@@H](C)C3)ccn2c1=O. The van der Waals surface area contributed by atoms with Crippen molar-refractivity contribution in [2.24, 2.45) is 5.92 Å². The molecule has 4 rings (SSSR count). The van der Waals surface area contributed by atoms with Crippen LogP contribution in [0.4, 0.5) is 15.9 Å². The molecule has 8 nitrogen and oxygen atoms in total. The molecule has 2 aromatic heterocycles. The molecular weight excluding hydrogens is 375 g/mol. The molecule has 1 atom stereocenters. The molecule has 9 heteroatoms. The fraction of sp³-hybridized carbons (Fsp3) is 0.400. The van der Waals surface area contributed by atoms with E-state index in [9.17, 15) is 14.0 Å². The van der Waals surface area contributed by atoms with Crippen molar-refractivity contribution in [1.29, 1.82) is 0 Å². The maximum Gasteiger partial charge on any atom is 0.352 e. The first-order chi connectivity index (χ1) is 13.9. The summed E-state index contributed by atoms with van der Waals surface area (Å²) >= 11 is 0. The van der Waals surface area contributed by atoms with Gasteiger partial charge in [0.15, 0.2) is 0 Å². The Morgan fingerprint density at radius 3 is 2.97 bits per heavy atom. The normalized spacial score (nSPS) is 16.9. The van der Waals surface area contributed by atoms with Gasteiger partial charge in [0.25, 0.3) is 5.78 Å². The van der Waals surface area contributed by atoms with E-state index < -0.39 is 17.4 Å². The van der Waals surface area contributed by atoms with Crippen LogP contribution >= 0.6 is 0 Å². The summed E-state index contributed by atoms with van der Waals surface area (Å²) in [5, 5.41) is 6.83. The van der Waals surface area contributed by atoms with Gasteiger partial charge < -0.3 is 10.2 Å². The van der Waals surface area contributed by atoms with Crippen molar-refractivity contribution in [3.63, 3.8) is 0 Å². The van der Waals surface area contributed by atoms with Gasteiger partial charge in [0, 0.05) is 25.0 Å². The lowest BCUT2D eigenvalue weighted by molar-refractivity contribution is -0.117. The van der Waals surface area contributed by atoms with Gasteiger partial charge in [-0.3, -0.25) is 4.79 Å². The molecule has 3 heterocycles. The van der Waals surface area contributed by atoms with Crippen LogP contribution in [-0.2, 0) is 11.3 Å². The minimum Gasteiger partial charge on any atom is -0.356 e. The first-order valence-corrected chi connectivity index (χ1v) is 9.68. The lowest BCUT2D eigenvalue weighted by Crippen LogP contribution is -2.35. The number of fused-ring (bicyclic) bond motifs is 1. The molecule has 1 N–H and O–H groups in total. The highest BCUT2D eigenvalue weighted by atomic mass is 19.1. The van der Waals surface area contributed by atoms with Gasteiger partial charge in [0.05, 0.1) is 0 Å². The summed E-state index contributed by atoms with van der Waals surface area (Å²) in [6.07, 6.45) is 3.94. The van der Waals surface area contributed by atoms with Crippen molar-refractivity contribution in [3.8, 4) is 0 Å². The molecule has 3 aromatic rings. The van der Waals surface area contributed by atoms with E-state index in [1.54, 1.807) is 25.3 Å². The fourth-order valence-electron chi connectivity index (χ4n) is 3.63. The smallest absolute Gasteiger partial charge is 0.352 e. The van der Waals surface area contributed by atoms with E-state index in [1.165, 1.54) is 23.0 Å². The Balaban J connectivity index is 1.54. The van der Waals surface area contributed by atoms with E-state index in [1.807, 2.05) is 0 Å². The maximum atomic E-state index is 13.4. The Morgan fingerprint density at radius 1 is 1.34 bits per heavy atom. The molecule has 152 valence electrons. The van der Waals surface area contributed by atoms with Crippen LogP contribution in [0.1, 0.15) is 25.3 Å². The third-order valence-electron chi connectivity index (χ3n) is 5.19. The van der Waals surface area contributed by atoms with Gasteiger partial charge in [-0.25, -0.2) is 18.3 Å². The van der Waals surface area contributed by atoms with E-state index >= 15 is 0 Å². The summed E-state index contributed by atoms with van der Waals surface area (Å²) in [6.45, 7) is 5.54. The summed E-state index contributed by atoms with van der Waals surface area (Å²) < 4.78 is 15.8. The lowest BCUT2D eigenvalue weighted by Gasteiger charge is -2.31. The van der Waals surface area contributed by atoms with E-state index in [0.717, 1.165) is 35.6 Å². The molecule has 0 spiro atoms. The molecular formula is C20H23FN6O2. The standard InChI is InChI=1S/C20H23FN6O2/c1-13-4-3-8-25(11-13)17-7-9-26-19(23-17)24-27(20(26)29)12-18(28)22-16-10-15(21)6-5-14(16)2/h5-7,9-10,13H,3-4,8,11-12H2,1-2H3,(H,22,28)/t13-/m1/s1. The van der Waals surface area contributed by atoms with Gasteiger partial charge in [-0.15, -0.1) is 5.10 Å². The molecule has 1 saturated heterocycles. The molecule has 0 radical (unpaired) electrons. The van der Waals surface area contributed by atoms with E-state index in [4.69, 9.17) is 0 Å². The molecule has 1 amide bonds. The van der Waals surface area contributed by atoms with E-state index in [0.29, 0.717) is 11.6 Å². The zero-order valence-electron chi connectivity index (χ0n) is 16.4. The monoisotopic (exact) mass is 398 g/mol.